The van der Waals surface area contributed by atoms with E-state index in [9.17, 15) is 60.7 Å². The molecule has 30 heavy (non-hydrogen) atoms. The highest BCUT2D eigenvalue weighted by Gasteiger charge is 2.61. The van der Waals surface area contributed by atoms with Crippen LogP contribution < -0.4 is 0 Å². The van der Waals surface area contributed by atoms with Gasteiger partial charge in [-0.05, 0) is 0 Å². The van der Waals surface area contributed by atoms with Crippen molar-refractivity contribution in [3.8, 4) is 0 Å². The Morgan fingerprint density at radius 3 is 0.500 bits per heavy atom. The highest BCUT2D eigenvalue weighted by Crippen LogP contribution is 2.34. The zero-order valence-corrected chi connectivity index (χ0v) is 13.5. The Labute approximate surface area is 158 Å². The van der Waals surface area contributed by atoms with E-state index in [1.165, 1.54) is 0 Å². The molecule has 0 heterocycles. The maximum atomic E-state index is 10.7. The third kappa shape index (κ3) is 6.13. The van der Waals surface area contributed by atoms with Crippen LogP contribution in [0, 0.1) is 60.7 Å². The highest BCUT2D eigenvalue weighted by atomic mass is 17.0. The smallest absolute Gasteiger partial charge is 0.294 e. The topological polar surface area (TPSA) is 314 Å². The molecule has 1 rings (SSSR count). The second-order valence-corrected chi connectivity index (χ2v) is 4.76. The van der Waals surface area contributed by atoms with Crippen LogP contribution in [0.3, 0.4) is 0 Å². The fourth-order valence-corrected chi connectivity index (χ4v) is 2.44. The van der Waals surface area contributed by atoms with Gasteiger partial charge in [-0.25, -0.2) is 0 Å². The lowest BCUT2D eigenvalue weighted by Crippen LogP contribution is -2.69. The summed E-state index contributed by atoms with van der Waals surface area (Å²) in [5.41, 5.74) is 0. The number of hydrogen-bond acceptors (Lipinski definition) is 18. The lowest BCUT2D eigenvalue weighted by Gasteiger charge is -2.44. The Morgan fingerprint density at radius 1 is 0.333 bits per heavy atom. The summed E-state index contributed by atoms with van der Waals surface area (Å²) >= 11 is 0. The summed E-state index contributed by atoms with van der Waals surface area (Å²) in [6.07, 6.45) is -16.5. The van der Waals surface area contributed by atoms with Gasteiger partial charge in [0.15, 0.2) is 36.6 Å². The van der Waals surface area contributed by atoms with E-state index < -0.39 is 67.1 Å². The van der Waals surface area contributed by atoms with Gasteiger partial charge in [-0.15, -0.1) is 60.7 Å². The SMILES string of the molecule is O=[N+]([O-])OC1C(O[N+](=O)[O-])C(O[N+](=O)[O-])C(O[N+](=O)[O-])C(O[N+](=O)[O-])C1O[N+](=O)[O-]. The Morgan fingerprint density at radius 2 is 0.433 bits per heavy atom. The minimum atomic E-state index is -2.75. The Balaban J connectivity index is 3.66. The molecule has 0 N–H and O–H groups in total. The molecular weight excluding hydrogens is 444 g/mol. The summed E-state index contributed by atoms with van der Waals surface area (Å²) in [7, 11) is 0. The lowest BCUT2D eigenvalue weighted by atomic mass is 9.84. The molecule has 168 valence electrons. The summed E-state index contributed by atoms with van der Waals surface area (Å²) in [6, 6.07) is 0. The molecular formula is C6H6N6O18. The minimum Gasteiger partial charge on any atom is -0.306 e. The van der Waals surface area contributed by atoms with Crippen molar-refractivity contribution in [2.24, 2.45) is 0 Å². The van der Waals surface area contributed by atoms with Crippen LogP contribution >= 0.6 is 0 Å². The van der Waals surface area contributed by atoms with Crippen LogP contribution in [0.4, 0.5) is 0 Å². The fourth-order valence-electron chi connectivity index (χ4n) is 2.44. The quantitative estimate of drug-likeness (QED) is 0.218. The van der Waals surface area contributed by atoms with Gasteiger partial charge in [0.1, 0.15) is 0 Å². The van der Waals surface area contributed by atoms with Crippen molar-refractivity contribution in [1.29, 1.82) is 0 Å². The van der Waals surface area contributed by atoms with Crippen molar-refractivity contribution in [2.75, 3.05) is 0 Å². The maximum absolute atomic E-state index is 10.7. The van der Waals surface area contributed by atoms with E-state index >= 15 is 0 Å². The van der Waals surface area contributed by atoms with Crippen LogP contribution in [0.25, 0.3) is 0 Å². The molecule has 24 heteroatoms. The first-order valence-electron chi connectivity index (χ1n) is 6.70. The fraction of sp³-hybridized carbons (Fsp3) is 1.00. The van der Waals surface area contributed by atoms with Gasteiger partial charge in [0.2, 0.25) is 0 Å². The molecule has 1 aliphatic carbocycles. The van der Waals surface area contributed by atoms with Crippen LogP contribution in [0.2, 0.25) is 0 Å². The van der Waals surface area contributed by atoms with Gasteiger partial charge in [0, 0.05) is 0 Å². The molecule has 1 fully saturated rings. The highest BCUT2D eigenvalue weighted by molar-refractivity contribution is 5.01. The van der Waals surface area contributed by atoms with Gasteiger partial charge in [0.05, 0.1) is 0 Å². The Hall–Kier alpha value is -4.80. The standard InChI is InChI=1S/C6H6N6O18/c13-7(14)25-1-2(26-8(15)16)4(28-10(19)20)6(30-12(23)24)5(29-11(21)22)3(1)27-9(17)18/h1-6H. The molecule has 1 aliphatic rings. The largest absolute Gasteiger partial charge is 0.306 e. The number of nitrogens with zero attached hydrogens (tertiary/aromatic N) is 6. The molecule has 0 unspecified atom stereocenters. The van der Waals surface area contributed by atoms with Gasteiger partial charge >= 0.3 is 0 Å². The maximum Gasteiger partial charge on any atom is 0.294 e. The predicted molar refractivity (Wildman–Crippen MR) is 71.2 cm³/mol. The van der Waals surface area contributed by atoms with Crippen LogP contribution in [-0.2, 0) is 29.0 Å². The van der Waals surface area contributed by atoms with Crippen LogP contribution in [0.5, 0.6) is 0 Å². The molecule has 0 bridgehead atoms. The first-order chi connectivity index (χ1) is 13.8. The second kappa shape index (κ2) is 9.41. The summed E-state index contributed by atoms with van der Waals surface area (Å²) in [5.74, 6) is 0. The third-order valence-corrected chi connectivity index (χ3v) is 3.19. The van der Waals surface area contributed by atoms with Gasteiger partial charge in [-0.1, -0.05) is 0 Å². The average Bonchev–Trinajstić information content (AvgIpc) is 2.55. The van der Waals surface area contributed by atoms with E-state index in [-0.39, 0.29) is 0 Å². The molecule has 1 saturated carbocycles. The van der Waals surface area contributed by atoms with E-state index in [4.69, 9.17) is 0 Å². The molecule has 0 aromatic rings. The van der Waals surface area contributed by atoms with Crippen molar-refractivity contribution < 1.29 is 59.5 Å². The Bertz CT molecular complexity index is 559. The Kier molecular flexibility index (Phi) is 7.29. The monoisotopic (exact) mass is 450 g/mol. The molecule has 0 atom stereocenters. The average molecular weight is 450 g/mol. The van der Waals surface area contributed by atoms with Gasteiger partial charge in [-0.3, -0.25) is 0 Å². The third-order valence-electron chi connectivity index (χ3n) is 3.19. The van der Waals surface area contributed by atoms with Gasteiger partial charge in [-0.2, -0.15) is 0 Å². The second-order valence-electron chi connectivity index (χ2n) is 4.76. The molecule has 0 aromatic carbocycles. The number of hydrogen-bond donors (Lipinski definition) is 0. The summed E-state index contributed by atoms with van der Waals surface area (Å²) in [4.78, 5) is 87.7. The first kappa shape index (κ1) is 23.2. The normalized spacial score (nSPS) is 27.6. The molecule has 24 nitrogen and oxygen atoms in total. The van der Waals surface area contributed by atoms with Crippen LogP contribution in [0.1, 0.15) is 0 Å². The lowest BCUT2D eigenvalue weighted by molar-refractivity contribution is -0.856. The molecule has 0 aliphatic heterocycles. The molecule has 0 spiro atoms. The van der Waals surface area contributed by atoms with Crippen LogP contribution in [0.15, 0.2) is 0 Å². The van der Waals surface area contributed by atoms with Crippen LogP contribution in [-0.4, -0.2) is 67.1 Å². The zero-order valence-electron chi connectivity index (χ0n) is 13.5. The number of rotatable bonds is 12. The first-order valence-corrected chi connectivity index (χ1v) is 6.70. The van der Waals surface area contributed by atoms with Gasteiger partial charge < -0.3 is 29.0 Å². The van der Waals surface area contributed by atoms with E-state index in [0.717, 1.165) is 0 Å². The van der Waals surface area contributed by atoms with Crippen molar-refractivity contribution >= 4 is 0 Å². The molecule has 0 aromatic heterocycles. The van der Waals surface area contributed by atoms with Crippen molar-refractivity contribution in [1.82, 2.24) is 0 Å². The molecule has 0 saturated heterocycles. The van der Waals surface area contributed by atoms with E-state index in [2.05, 4.69) is 29.0 Å². The summed E-state index contributed by atoms with van der Waals surface area (Å²) in [5, 5.41) is 53.8. The van der Waals surface area contributed by atoms with E-state index in [1.807, 2.05) is 0 Å². The summed E-state index contributed by atoms with van der Waals surface area (Å²) < 4.78 is 0. The van der Waals surface area contributed by atoms with Gasteiger partial charge in [0.25, 0.3) is 30.5 Å². The summed E-state index contributed by atoms with van der Waals surface area (Å²) in [6.45, 7) is 0. The predicted octanol–water partition coefficient (Wildman–Crippen LogP) is -2.54. The minimum absolute atomic E-state index is 1.72. The molecule has 0 radical (unpaired) electrons. The molecule has 0 amide bonds. The van der Waals surface area contributed by atoms with E-state index in [0.29, 0.717) is 0 Å². The van der Waals surface area contributed by atoms with Crippen molar-refractivity contribution in [3.05, 3.63) is 60.7 Å². The van der Waals surface area contributed by atoms with Crippen molar-refractivity contribution in [2.45, 2.75) is 36.6 Å². The van der Waals surface area contributed by atoms with Crippen molar-refractivity contribution in [3.63, 3.8) is 0 Å². The zero-order chi connectivity index (χ0) is 23.2. The van der Waals surface area contributed by atoms with E-state index in [1.54, 1.807) is 0 Å².